The van der Waals surface area contributed by atoms with Gasteiger partial charge in [0.15, 0.2) is 0 Å². The molecule has 0 saturated heterocycles. The summed E-state index contributed by atoms with van der Waals surface area (Å²) in [6, 6.07) is 12.3. The Labute approximate surface area is 242 Å². The van der Waals surface area contributed by atoms with Gasteiger partial charge in [0.05, 0.1) is 22.9 Å². The molecule has 0 bridgehead atoms. The van der Waals surface area contributed by atoms with E-state index in [9.17, 15) is 9.59 Å². The van der Waals surface area contributed by atoms with Crippen LogP contribution in [0.15, 0.2) is 99.4 Å². The summed E-state index contributed by atoms with van der Waals surface area (Å²) < 4.78 is 6.07. The van der Waals surface area contributed by atoms with Crippen LogP contribution in [0.2, 0.25) is 5.02 Å². The minimum absolute atomic E-state index is 0.00220. The van der Waals surface area contributed by atoms with Gasteiger partial charge in [-0.25, -0.2) is 0 Å². The number of allylic oxidation sites excluding steroid dienone is 3. The molecule has 8 nitrogen and oxygen atoms in total. The lowest BCUT2D eigenvalue weighted by Gasteiger charge is -2.14. The first-order valence-electron chi connectivity index (χ1n) is 11.9. The summed E-state index contributed by atoms with van der Waals surface area (Å²) in [4.78, 5) is 30.2. The topological polar surface area (TPSA) is 118 Å². The second-order valence-electron chi connectivity index (χ2n) is 8.30. The van der Waals surface area contributed by atoms with Crippen LogP contribution in [0, 0.1) is 0 Å². The Morgan fingerprint density at radius 3 is 2.49 bits per heavy atom. The number of nitrogens with one attached hydrogen (secondary N) is 3. The van der Waals surface area contributed by atoms with Gasteiger partial charge in [-0.05, 0) is 61.9 Å². The molecular weight excluding hydrogens is 582 g/mol. The molecule has 0 aromatic heterocycles. The summed E-state index contributed by atoms with van der Waals surface area (Å²) in [7, 11) is 3.19. The highest BCUT2D eigenvalue weighted by Crippen LogP contribution is 2.20. The molecule has 2 amide bonds. The maximum atomic E-state index is 13.1. The Bertz CT molecular complexity index is 1330. The van der Waals surface area contributed by atoms with Crippen LogP contribution in [-0.4, -0.2) is 38.3 Å². The largest absolute Gasteiger partial charge is 0.403 e. The number of amides is 2. The molecule has 0 aliphatic heterocycles. The molecule has 5 N–H and O–H groups in total. The van der Waals surface area contributed by atoms with Gasteiger partial charge in [0.1, 0.15) is 0 Å². The lowest BCUT2D eigenvalue weighted by molar-refractivity contribution is -0.113. The van der Waals surface area contributed by atoms with Crippen LogP contribution in [0.25, 0.3) is 0 Å². The van der Waals surface area contributed by atoms with Crippen LogP contribution >= 0.6 is 27.5 Å². The van der Waals surface area contributed by atoms with Crippen LogP contribution in [0.4, 0.5) is 5.69 Å². The molecule has 0 spiro atoms. The molecule has 0 unspecified atom stereocenters. The highest BCUT2D eigenvalue weighted by atomic mass is 79.9. The highest BCUT2D eigenvalue weighted by Gasteiger charge is 2.15. The number of anilines is 1. The average Bonchev–Trinajstić information content (AvgIpc) is 2.93. The van der Waals surface area contributed by atoms with E-state index in [1.54, 1.807) is 31.3 Å². The van der Waals surface area contributed by atoms with E-state index in [0.29, 0.717) is 17.9 Å². The molecule has 0 aliphatic carbocycles. The zero-order chi connectivity index (χ0) is 28.9. The third-order valence-electron chi connectivity index (χ3n) is 5.58. The van der Waals surface area contributed by atoms with Crippen LogP contribution in [0.5, 0.6) is 0 Å². The zero-order valence-electron chi connectivity index (χ0n) is 22.4. The van der Waals surface area contributed by atoms with Crippen molar-refractivity contribution < 1.29 is 14.3 Å². The third kappa shape index (κ3) is 9.55. The second kappa shape index (κ2) is 15.7. The number of aliphatic imine (C=N–C) groups is 1. The van der Waals surface area contributed by atoms with E-state index in [1.165, 1.54) is 19.4 Å². The first-order chi connectivity index (χ1) is 18.6. The molecule has 10 heteroatoms. The van der Waals surface area contributed by atoms with Crippen molar-refractivity contribution in [1.29, 1.82) is 0 Å². The van der Waals surface area contributed by atoms with Crippen molar-refractivity contribution in [3.63, 3.8) is 0 Å². The Morgan fingerprint density at radius 2 is 1.90 bits per heavy atom. The average molecular weight is 615 g/mol. The van der Waals surface area contributed by atoms with E-state index >= 15 is 0 Å². The van der Waals surface area contributed by atoms with Crippen molar-refractivity contribution >= 4 is 50.7 Å². The van der Waals surface area contributed by atoms with Crippen LogP contribution in [0.3, 0.4) is 0 Å². The summed E-state index contributed by atoms with van der Waals surface area (Å²) in [6.07, 6.45) is 4.58. The molecule has 0 saturated carbocycles. The van der Waals surface area contributed by atoms with Crippen molar-refractivity contribution in [1.82, 2.24) is 10.6 Å². The van der Waals surface area contributed by atoms with E-state index in [2.05, 4.69) is 43.5 Å². The van der Waals surface area contributed by atoms with Crippen LogP contribution < -0.4 is 21.7 Å². The Hall–Kier alpha value is -3.66. The van der Waals surface area contributed by atoms with Gasteiger partial charge in [-0.3, -0.25) is 14.6 Å². The van der Waals surface area contributed by atoms with Gasteiger partial charge >= 0.3 is 0 Å². The van der Waals surface area contributed by atoms with Gasteiger partial charge in [0, 0.05) is 59.6 Å². The first kappa shape index (κ1) is 31.6. The number of methoxy groups -OCH3 is 1. The number of halogens is 2. The van der Waals surface area contributed by atoms with Gasteiger partial charge in [-0.2, -0.15) is 0 Å². The predicted molar refractivity (Wildman–Crippen MR) is 163 cm³/mol. The van der Waals surface area contributed by atoms with Crippen molar-refractivity contribution in [2.45, 2.75) is 20.4 Å². The quantitative estimate of drug-likeness (QED) is 0.143. The van der Waals surface area contributed by atoms with Crippen molar-refractivity contribution in [3.05, 3.63) is 111 Å². The second-order valence-corrected chi connectivity index (χ2v) is 9.62. The monoisotopic (exact) mass is 613 g/mol. The van der Waals surface area contributed by atoms with Crippen LogP contribution in [-0.2, 0) is 16.1 Å². The Balaban J connectivity index is 2.18. The van der Waals surface area contributed by atoms with Gasteiger partial charge in [0.2, 0.25) is 0 Å². The molecule has 0 aliphatic rings. The Kier molecular flexibility index (Phi) is 12.7. The molecule has 206 valence electrons. The first-order valence-corrected chi connectivity index (χ1v) is 13.1. The number of nitrogens with two attached hydrogens (primary N) is 1. The van der Waals surface area contributed by atoms with E-state index in [0.717, 1.165) is 21.3 Å². The summed E-state index contributed by atoms with van der Waals surface area (Å²) in [5.74, 6) is -0.884. The molecule has 0 radical (unpaired) electrons. The third-order valence-corrected chi connectivity index (χ3v) is 6.44. The maximum absolute atomic E-state index is 13.1. The van der Waals surface area contributed by atoms with E-state index in [1.807, 2.05) is 38.1 Å². The molecule has 2 rings (SSSR count). The Morgan fingerprint density at radius 1 is 1.21 bits per heavy atom. The van der Waals surface area contributed by atoms with Gasteiger partial charge in [-0.15, -0.1) is 0 Å². The minimum atomic E-state index is -0.484. The lowest BCUT2D eigenvalue weighted by atomic mass is 10.1. The lowest BCUT2D eigenvalue weighted by Crippen LogP contribution is -2.25. The normalized spacial score (nSPS) is 12.7. The number of hydrogen-bond donors (Lipinski definition) is 4. The number of ether oxygens (including phenoxy) is 1. The molecule has 0 atom stereocenters. The van der Waals surface area contributed by atoms with E-state index < -0.39 is 11.8 Å². The summed E-state index contributed by atoms with van der Waals surface area (Å²) in [5.41, 5.74) is 10.4. The number of hydrogen-bond acceptors (Lipinski definition) is 6. The summed E-state index contributed by atoms with van der Waals surface area (Å²) >= 11 is 9.71. The molecule has 2 aromatic rings. The standard InChI is InChI=1S/C29H33BrClN5O3/c1-6-25(18(2)33-4)19(3)34-16-20-7-12-27(31)26(13-20)29(38)36-24(15-32)14-21(17-39-5)28(37)35-23-10-8-22(30)9-11-23/h6-15,34H,3,16-17,32H2,1-2,4-5H3,(H,35,37)(H,36,38)/b21-14+,24-15+,25-6+,33-18?. The van der Waals surface area contributed by atoms with E-state index in [-0.39, 0.29) is 28.5 Å². The fraction of sp³-hybridized carbons (Fsp3) is 0.207. The number of nitrogens with zero attached hydrogens (tertiary/aromatic N) is 1. The van der Waals surface area contributed by atoms with Crippen molar-refractivity contribution in [2.75, 3.05) is 26.1 Å². The molecule has 39 heavy (non-hydrogen) atoms. The number of benzene rings is 2. The summed E-state index contributed by atoms with van der Waals surface area (Å²) in [6.45, 7) is 8.32. The van der Waals surface area contributed by atoms with Crippen molar-refractivity contribution in [2.24, 2.45) is 10.7 Å². The van der Waals surface area contributed by atoms with Crippen molar-refractivity contribution in [3.8, 4) is 0 Å². The molecule has 0 fully saturated rings. The number of carbonyl (C=O) groups excluding carboxylic acids is 2. The smallest absolute Gasteiger partial charge is 0.257 e. The van der Waals surface area contributed by atoms with Gasteiger partial charge in [-0.1, -0.05) is 46.3 Å². The predicted octanol–water partition coefficient (Wildman–Crippen LogP) is 5.48. The highest BCUT2D eigenvalue weighted by molar-refractivity contribution is 9.10. The SMILES string of the molecule is C=C(NCc1ccc(Cl)c(C(=O)NC(=C/N)/C=C(\COC)C(=O)Nc2ccc(Br)cc2)c1)/C(=C/C)C(C)=NC. The fourth-order valence-electron chi connectivity index (χ4n) is 3.47. The van der Waals surface area contributed by atoms with Gasteiger partial charge in [0.25, 0.3) is 11.8 Å². The number of carbonyl (C=O) groups is 2. The van der Waals surface area contributed by atoms with Gasteiger partial charge < -0.3 is 26.4 Å². The zero-order valence-corrected chi connectivity index (χ0v) is 24.7. The maximum Gasteiger partial charge on any atom is 0.257 e. The molecule has 2 aromatic carbocycles. The summed E-state index contributed by atoms with van der Waals surface area (Å²) in [5, 5.41) is 9.03. The molecule has 0 heterocycles. The van der Waals surface area contributed by atoms with E-state index in [4.69, 9.17) is 22.1 Å². The van der Waals surface area contributed by atoms with Crippen LogP contribution in [0.1, 0.15) is 29.8 Å². The molecular formula is C29H33BrClN5O3. The number of rotatable bonds is 12. The fourth-order valence-corrected chi connectivity index (χ4v) is 3.93. The minimum Gasteiger partial charge on any atom is -0.403 e.